The summed E-state index contributed by atoms with van der Waals surface area (Å²) < 4.78 is 0. The molecule has 2 nitrogen and oxygen atoms in total. The molecule has 0 aliphatic heterocycles. The SMILES string of the molecule is CCc1cc(/C(C)=N/NC(C)=S)cs1. The van der Waals surface area contributed by atoms with Gasteiger partial charge in [-0.15, -0.1) is 11.3 Å². The molecule has 14 heavy (non-hydrogen) atoms. The highest BCUT2D eigenvalue weighted by Gasteiger charge is 2.01. The first-order chi connectivity index (χ1) is 6.63. The molecule has 1 heterocycles. The van der Waals surface area contributed by atoms with Crippen molar-refractivity contribution in [1.82, 2.24) is 5.43 Å². The molecule has 1 N–H and O–H groups in total. The summed E-state index contributed by atoms with van der Waals surface area (Å²) in [5, 5.41) is 6.30. The lowest BCUT2D eigenvalue weighted by atomic mass is 10.2. The quantitative estimate of drug-likeness (QED) is 0.487. The Bertz CT molecular complexity index is 353. The lowest BCUT2D eigenvalue weighted by Crippen LogP contribution is -2.12. The van der Waals surface area contributed by atoms with Crippen molar-refractivity contribution in [2.24, 2.45) is 5.10 Å². The number of hydrogen-bond acceptors (Lipinski definition) is 3. The molecule has 0 bridgehead atoms. The van der Waals surface area contributed by atoms with E-state index >= 15 is 0 Å². The zero-order chi connectivity index (χ0) is 10.6. The standard InChI is InChI=1S/C10H14N2S2/c1-4-10-5-9(6-14-10)7(2)11-12-8(3)13/h5-6H,4H2,1-3H3,(H,12,13)/b11-7+. The highest BCUT2D eigenvalue weighted by atomic mass is 32.1. The summed E-state index contributed by atoms with van der Waals surface area (Å²) in [5.74, 6) is 0. The molecule has 0 spiro atoms. The Morgan fingerprint density at radius 1 is 1.57 bits per heavy atom. The van der Waals surface area contributed by atoms with Gasteiger partial charge in [0, 0.05) is 15.8 Å². The van der Waals surface area contributed by atoms with Gasteiger partial charge in [-0.05, 0) is 26.3 Å². The van der Waals surface area contributed by atoms with Gasteiger partial charge in [0.15, 0.2) is 0 Å². The molecule has 0 aromatic carbocycles. The molecule has 1 rings (SSSR count). The van der Waals surface area contributed by atoms with E-state index in [9.17, 15) is 0 Å². The molecule has 76 valence electrons. The number of hydrogen-bond donors (Lipinski definition) is 1. The van der Waals surface area contributed by atoms with Gasteiger partial charge >= 0.3 is 0 Å². The van der Waals surface area contributed by atoms with Gasteiger partial charge in [0.05, 0.1) is 10.7 Å². The topological polar surface area (TPSA) is 24.4 Å². The van der Waals surface area contributed by atoms with Gasteiger partial charge in [0.25, 0.3) is 0 Å². The van der Waals surface area contributed by atoms with E-state index in [1.807, 2.05) is 13.8 Å². The summed E-state index contributed by atoms with van der Waals surface area (Å²) in [5.41, 5.74) is 4.95. The lowest BCUT2D eigenvalue weighted by Gasteiger charge is -1.98. The Kier molecular flexibility index (Phi) is 4.22. The maximum Gasteiger partial charge on any atom is 0.0930 e. The van der Waals surface area contributed by atoms with Gasteiger partial charge in [0.1, 0.15) is 0 Å². The van der Waals surface area contributed by atoms with Crippen LogP contribution in [0.2, 0.25) is 0 Å². The van der Waals surface area contributed by atoms with Crippen LogP contribution >= 0.6 is 23.6 Å². The van der Waals surface area contributed by atoms with Crippen LogP contribution < -0.4 is 5.43 Å². The summed E-state index contributed by atoms with van der Waals surface area (Å²) >= 11 is 6.65. The molecule has 0 atom stereocenters. The summed E-state index contributed by atoms with van der Waals surface area (Å²) in [7, 11) is 0. The van der Waals surface area contributed by atoms with E-state index < -0.39 is 0 Å². The predicted octanol–water partition coefficient (Wildman–Crippen LogP) is 2.97. The fraction of sp³-hybridized carbons (Fsp3) is 0.400. The molecule has 1 aromatic heterocycles. The van der Waals surface area contributed by atoms with Gasteiger partial charge < -0.3 is 0 Å². The fourth-order valence-electron chi connectivity index (χ4n) is 0.983. The second kappa shape index (κ2) is 5.22. The molecule has 0 fully saturated rings. The largest absolute Gasteiger partial charge is 0.272 e. The number of rotatable bonds is 3. The van der Waals surface area contributed by atoms with Gasteiger partial charge in [-0.3, -0.25) is 5.43 Å². The molecular formula is C10H14N2S2. The lowest BCUT2D eigenvalue weighted by molar-refractivity contribution is 1.04. The Morgan fingerprint density at radius 2 is 2.29 bits per heavy atom. The van der Waals surface area contributed by atoms with Gasteiger partial charge in [-0.25, -0.2) is 0 Å². The van der Waals surface area contributed by atoms with Crippen molar-refractivity contribution in [1.29, 1.82) is 0 Å². The van der Waals surface area contributed by atoms with E-state index in [2.05, 4.69) is 28.9 Å². The minimum atomic E-state index is 0.690. The van der Waals surface area contributed by atoms with Crippen LogP contribution in [0.1, 0.15) is 31.2 Å². The first-order valence-corrected chi connectivity index (χ1v) is 5.81. The molecule has 0 saturated heterocycles. The first-order valence-electron chi connectivity index (χ1n) is 4.52. The second-order valence-electron chi connectivity index (χ2n) is 3.02. The molecule has 0 radical (unpaired) electrons. The van der Waals surface area contributed by atoms with Crippen molar-refractivity contribution in [2.45, 2.75) is 27.2 Å². The van der Waals surface area contributed by atoms with Crippen molar-refractivity contribution in [2.75, 3.05) is 0 Å². The van der Waals surface area contributed by atoms with E-state index in [0.717, 1.165) is 12.1 Å². The Hall–Kier alpha value is -0.740. The van der Waals surface area contributed by atoms with Crippen LogP contribution in [-0.4, -0.2) is 10.7 Å². The smallest absolute Gasteiger partial charge is 0.0930 e. The van der Waals surface area contributed by atoms with Crippen molar-refractivity contribution in [3.8, 4) is 0 Å². The highest BCUT2D eigenvalue weighted by Crippen LogP contribution is 2.15. The number of aryl methyl sites for hydroxylation is 1. The van der Waals surface area contributed by atoms with Crippen molar-refractivity contribution < 1.29 is 0 Å². The third-order valence-electron chi connectivity index (χ3n) is 1.80. The van der Waals surface area contributed by atoms with E-state index in [1.54, 1.807) is 11.3 Å². The monoisotopic (exact) mass is 226 g/mol. The van der Waals surface area contributed by atoms with E-state index in [4.69, 9.17) is 12.2 Å². The van der Waals surface area contributed by atoms with E-state index in [0.29, 0.717) is 4.99 Å². The minimum absolute atomic E-state index is 0.690. The van der Waals surface area contributed by atoms with Crippen LogP contribution in [0.3, 0.4) is 0 Å². The van der Waals surface area contributed by atoms with Crippen molar-refractivity contribution in [3.63, 3.8) is 0 Å². The normalized spacial score (nSPS) is 11.5. The molecule has 1 aromatic rings. The second-order valence-corrected chi connectivity index (χ2v) is 4.63. The zero-order valence-electron chi connectivity index (χ0n) is 8.63. The zero-order valence-corrected chi connectivity index (χ0v) is 10.3. The maximum atomic E-state index is 4.88. The van der Waals surface area contributed by atoms with Crippen LogP contribution in [0.4, 0.5) is 0 Å². The van der Waals surface area contributed by atoms with E-state index in [-0.39, 0.29) is 0 Å². The van der Waals surface area contributed by atoms with Crippen LogP contribution in [-0.2, 0) is 6.42 Å². The number of nitrogens with one attached hydrogen (secondary N) is 1. The van der Waals surface area contributed by atoms with Crippen LogP contribution in [0.15, 0.2) is 16.5 Å². The Labute approximate surface area is 94.0 Å². The third kappa shape index (κ3) is 3.20. The summed E-state index contributed by atoms with van der Waals surface area (Å²) in [6, 6.07) is 2.17. The summed E-state index contributed by atoms with van der Waals surface area (Å²) in [6.07, 6.45) is 1.08. The molecule has 0 unspecified atom stereocenters. The molecular weight excluding hydrogens is 212 g/mol. The molecule has 0 aliphatic carbocycles. The molecule has 0 saturated carbocycles. The summed E-state index contributed by atoms with van der Waals surface area (Å²) in [6.45, 7) is 5.95. The average molecular weight is 226 g/mol. The number of hydrazone groups is 1. The highest BCUT2D eigenvalue weighted by molar-refractivity contribution is 7.80. The van der Waals surface area contributed by atoms with Crippen molar-refractivity contribution in [3.05, 3.63) is 21.9 Å². The van der Waals surface area contributed by atoms with Gasteiger partial charge in [-0.1, -0.05) is 19.1 Å². The van der Waals surface area contributed by atoms with Gasteiger partial charge in [-0.2, -0.15) is 5.10 Å². The minimum Gasteiger partial charge on any atom is -0.272 e. The number of nitrogens with zero attached hydrogens (tertiary/aromatic N) is 1. The van der Waals surface area contributed by atoms with Crippen LogP contribution in [0.5, 0.6) is 0 Å². The first kappa shape index (κ1) is 11.3. The Morgan fingerprint density at radius 3 is 2.79 bits per heavy atom. The molecule has 0 amide bonds. The Balaban J connectivity index is 2.73. The predicted molar refractivity (Wildman–Crippen MR) is 67.3 cm³/mol. The summed E-state index contributed by atoms with van der Waals surface area (Å²) in [4.78, 5) is 2.07. The van der Waals surface area contributed by atoms with Gasteiger partial charge in [0.2, 0.25) is 0 Å². The van der Waals surface area contributed by atoms with Crippen molar-refractivity contribution >= 4 is 34.3 Å². The fourth-order valence-corrected chi connectivity index (χ4v) is 1.91. The van der Waals surface area contributed by atoms with Crippen LogP contribution in [0, 0.1) is 0 Å². The number of thiophene rings is 1. The van der Waals surface area contributed by atoms with Crippen LogP contribution in [0.25, 0.3) is 0 Å². The third-order valence-corrected chi connectivity index (χ3v) is 2.97. The molecule has 4 heteroatoms. The maximum absolute atomic E-state index is 4.88. The number of thiocarbonyl (C=S) groups is 1. The molecule has 0 aliphatic rings. The van der Waals surface area contributed by atoms with E-state index in [1.165, 1.54) is 10.4 Å². The average Bonchev–Trinajstić information content (AvgIpc) is 2.62.